The highest BCUT2D eigenvalue weighted by Crippen LogP contribution is 2.49. The molecule has 0 bridgehead atoms. The second-order valence-corrected chi connectivity index (χ2v) is 9.24. The first-order chi connectivity index (χ1) is 15.9. The van der Waals surface area contributed by atoms with Gasteiger partial charge in [-0.3, -0.25) is 14.4 Å². The smallest absolute Gasteiger partial charge is 0.341 e. The van der Waals surface area contributed by atoms with Gasteiger partial charge in [-0.2, -0.15) is 0 Å². The average molecular weight is 463 g/mol. The molecule has 3 atom stereocenters. The molecule has 7 nitrogen and oxygen atoms in total. The van der Waals surface area contributed by atoms with Crippen LogP contribution in [0.4, 0.5) is 10.7 Å². The van der Waals surface area contributed by atoms with E-state index in [1.165, 1.54) is 18.4 Å². The Morgan fingerprint density at radius 3 is 2.24 bits per heavy atom. The minimum atomic E-state index is -0.990. The van der Waals surface area contributed by atoms with Gasteiger partial charge in [-0.1, -0.05) is 48.5 Å². The maximum absolute atomic E-state index is 13.8. The van der Waals surface area contributed by atoms with E-state index >= 15 is 0 Å². The van der Waals surface area contributed by atoms with Crippen LogP contribution in [0.25, 0.3) is 0 Å². The highest BCUT2D eigenvalue weighted by atomic mass is 32.1. The van der Waals surface area contributed by atoms with Crippen LogP contribution in [0.1, 0.15) is 32.4 Å². The van der Waals surface area contributed by atoms with Crippen molar-refractivity contribution in [1.82, 2.24) is 0 Å². The van der Waals surface area contributed by atoms with Crippen molar-refractivity contribution < 1.29 is 24.0 Å². The number of rotatable bonds is 4. The quantitative estimate of drug-likeness (QED) is 0.427. The fraction of sp³-hybridized carbons (Fsp3) is 0.240. The van der Waals surface area contributed by atoms with Gasteiger partial charge in [-0.15, -0.1) is 11.3 Å². The Balaban J connectivity index is 1.60. The summed E-state index contributed by atoms with van der Waals surface area (Å²) in [5, 5.41) is 1.95. The molecular formula is C25H22N2O5S. The van der Waals surface area contributed by atoms with E-state index in [0.717, 1.165) is 21.0 Å². The van der Waals surface area contributed by atoms with Gasteiger partial charge in [-0.05, 0) is 37.1 Å². The summed E-state index contributed by atoms with van der Waals surface area (Å²) < 4.78 is 4.94. The van der Waals surface area contributed by atoms with Gasteiger partial charge in [0.25, 0.3) is 5.91 Å². The Morgan fingerprint density at radius 1 is 0.970 bits per heavy atom. The first kappa shape index (κ1) is 21.4. The molecule has 0 unspecified atom stereocenters. The van der Waals surface area contributed by atoms with Gasteiger partial charge in [0.1, 0.15) is 10.9 Å². The van der Waals surface area contributed by atoms with E-state index in [0.29, 0.717) is 10.6 Å². The number of carbonyl (C=O) groups excluding carboxylic acids is 3. The molecule has 2 fully saturated rings. The lowest BCUT2D eigenvalue weighted by molar-refractivity contribution is -0.126. The van der Waals surface area contributed by atoms with Crippen LogP contribution < -0.4 is 9.96 Å². The van der Waals surface area contributed by atoms with Crippen molar-refractivity contribution in [3.63, 3.8) is 0 Å². The lowest BCUT2D eigenvalue weighted by atomic mass is 9.90. The first-order valence-corrected chi connectivity index (χ1v) is 11.4. The molecule has 3 aromatic rings. The zero-order valence-electron chi connectivity index (χ0n) is 18.3. The van der Waals surface area contributed by atoms with Crippen molar-refractivity contribution in [2.45, 2.75) is 26.0 Å². The summed E-state index contributed by atoms with van der Waals surface area (Å²) in [6.07, 6.45) is -0.990. The largest absolute Gasteiger partial charge is 0.465 e. The topological polar surface area (TPSA) is 76.2 Å². The number of nitrogens with zero attached hydrogens (tertiary/aromatic N) is 2. The summed E-state index contributed by atoms with van der Waals surface area (Å²) >= 11 is 1.24. The number of hydroxylamine groups is 1. The van der Waals surface area contributed by atoms with E-state index in [9.17, 15) is 14.4 Å². The zero-order chi connectivity index (χ0) is 23.3. The van der Waals surface area contributed by atoms with Crippen LogP contribution in [0.2, 0.25) is 0 Å². The molecule has 2 aliphatic heterocycles. The predicted molar refractivity (Wildman–Crippen MR) is 124 cm³/mol. The van der Waals surface area contributed by atoms with Crippen LogP contribution in [-0.2, 0) is 19.2 Å². The number of ether oxygens (including phenoxy) is 1. The summed E-state index contributed by atoms with van der Waals surface area (Å²) in [6, 6.07) is 18.5. The summed E-state index contributed by atoms with van der Waals surface area (Å²) in [6.45, 7) is 3.63. The predicted octanol–water partition coefficient (Wildman–Crippen LogP) is 4.20. The standard InChI is InChI=1S/C25H22N2O5S/c1-14-15(2)33-24(18(14)25(30)31-3)26-22(28)19-20(16-10-6-4-7-11-16)27(32-21(19)23(26)29)17-12-8-5-9-13-17/h4-13,19-21H,1-3H3/t19-,20+,21-/m0/s1. The molecule has 3 heterocycles. The van der Waals surface area contributed by atoms with Crippen LogP contribution in [0.3, 0.4) is 0 Å². The molecule has 0 N–H and O–H groups in total. The summed E-state index contributed by atoms with van der Waals surface area (Å²) in [4.78, 5) is 47.9. The van der Waals surface area contributed by atoms with E-state index in [4.69, 9.17) is 9.57 Å². The van der Waals surface area contributed by atoms with E-state index in [1.807, 2.05) is 67.6 Å². The molecule has 168 valence electrons. The van der Waals surface area contributed by atoms with E-state index < -0.39 is 29.9 Å². The summed E-state index contributed by atoms with van der Waals surface area (Å²) in [5.74, 6) is -2.19. The Bertz CT molecular complexity index is 1240. The fourth-order valence-electron chi connectivity index (χ4n) is 4.51. The van der Waals surface area contributed by atoms with Crippen LogP contribution in [-0.4, -0.2) is 31.0 Å². The number of aryl methyl sites for hydroxylation is 1. The Labute approximate surface area is 195 Å². The number of imide groups is 1. The summed E-state index contributed by atoms with van der Waals surface area (Å²) in [7, 11) is 1.28. The van der Waals surface area contributed by atoms with Gasteiger partial charge >= 0.3 is 5.97 Å². The number of anilines is 2. The van der Waals surface area contributed by atoms with Gasteiger partial charge in [0.15, 0.2) is 6.10 Å². The van der Waals surface area contributed by atoms with E-state index in [1.54, 1.807) is 12.0 Å². The summed E-state index contributed by atoms with van der Waals surface area (Å²) in [5.41, 5.74) is 2.57. The molecule has 0 radical (unpaired) electrons. The number of fused-ring (bicyclic) bond motifs is 1. The van der Waals surface area contributed by atoms with Crippen LogP contribution in [0.5, 0.6) is 0 Å². The minimum Gasteiger partial charge on any atom is -0.465 e. The molecule has 33 heavy (non-hydrogen) atoms. The molecule has 0 aliphatic carbocycles. The number of carbonyl (C=O) groups is 3. The monoisotopic (exact) mass is 462 g/mol. The maximum Gasteiger partial charge on any atom is 0.341 e. The first-order valence-electron chi connectivity index (χ1n) is 10.6. The highest BCUT2D eigenvalue weighted by Gasteiger charge is 2.61. The number of amides is 2. The van der Waals surface area contributed by atoms with Crippen LogP contribution in [0, 0.1) is 19.8 Å². The molecule has 0 saturated carbocycles. The number of hydrogen-bond acceptors (Lipinski definition) is 7. The molecule has 2 saturated heterocycles. The van der Waals surface area contributed by atoms with Crippen molar-refractivity contribution in [2.75, 3.05) is 17.1 Å². The number of thiophene rings is 1. The van der Waals surface area contributed by atoms with Gasteiger partial charge in [0, 0.05) is 4.88 Å². The van der Waals surface area contributed by atoms with Crippen LogP contribution in [0.15, 0.2) is 60.7 Å². The van der Waals surface area contributed by atoms with Gasteiger partial charge in [-0.25, -0.2) is 14.8 Å². The molecule has 2 aliphatic rings. The lowest BCUT2D eigenvalue weighted by Crippen LogP contribution is -2.37. The number of methoxy groups -OCH3 is 1. The highest BCUT2D eigenvalue weighted by molar-refractivity contribution is 7.17. The normalized spacial score (nSPS) is 22.1. The Morgan fingerprint density at radius 2 is 1.61 bits per heavy atom. The van der Waals surface area contributed by atoms with Crippen molar-refractivity contribution >= 4 is 39.8 Å². The molecule has 2 amide bonds. The zero-order valence-corrected chi connectivity index (χ0v) is 19.2. The van der Waals surface area contributed by atoms with Crippen molar-refractivity contribution in [2.24, 2.45) is 5.92 Å². The number of para-hydroxylation sites is 1. The third kappa shape index (κ3) is 3.25. The SMILES string of the molecule is COC(=O)c1c(N2C(=O)[C@@H]3[C@H](ON(c4ccccc4)[C@@H]3c3ccccc3)C2=O)sc(C)c1C. The molecule has 8 heteroatoms. The molecule has 0 spiro atoms. The van der Waals surface area contributed by atoms with Crippen molar-refractivity contribution in [1.29, 1.82) is 0 Å². The number of hydrogen-bond donors (Lipinski definition) is 0. The molecule has 2 aromatic carbocycles. The molecular weight excluding hydrogens is 440 g/mol. The Hall–Kier alpha value is -3.49. The van der Waals surface area contributed by atoms with E-state index in [-0.39, 0.29) is 11.5 Å². The van der Waals surface area contributed by atoms with Crippen LogP contribution >= 0.6 is 11.3 Å². The van der Waals surface area contributed by atoms with Crippen molar-refractivity contribution in [3.05, 3.63) is 82.2 Å². The minimum absolute atomic E-state index is 0.248. The number of esters is 1. The molecule has 5 rings (SSSR count). The maximum atomic E-state index is 13.8. The average Bonchev–Trinajstić information content (AvgIpc) is 3.45. The van der Waals surface area contributed by atoms with Gasteiger partial charge in [0.2, 0.25) is 5.91 Å². The third-order valence-electron chi connectivity index (χ3n) is 6.23. The van der Waals surface area contributed by atoms with E-state index in [2.05, 4.69) is 0 Å². The van der Waals surface area contributed by atoms with Gasteiger partial charge < -0.3 is 4.74 Å². The Kier molecular flexibility index (Phi) is 5.26. The second-order valence-electron chi connectivity index (χ2n) is 8.04. The lowest BCUT2D eigenvalue weighted by Gasteiger charge is -2.28. The second kappa shape index (κ2) is 8.13. The number of benzene rings is 2. The van der Waals surface area contributed by atoms with Gasteiger partial charge in [0.05, 0.1) is 24.4 Å². The molecule has 1 aromatic heterocycles. The van der Waals surface area contributed by atoms with Crippen molar-refractivity contribution in [3.8, 4) is 0 Å². The third-order valence-corrected chi connectivity index (χ3v) is 7.42. The fourth-order valence-corrected chi connectivity index (χ4v) is 5.67.